The minimum atomic E-state index is -0.692. The van der Waals surface area contributed by atoms with Gasteiger partial charge >= 0.3 is 11.6 Å². The molecule has 158 valence electrons. The van der Waals surface area contributed by atoms with Crippen molar-refractivity contribution < 1.29 is 18.7 Å². The van der Waals surface area contributed by atoms with Crippen molar-refractivity contribution in [2.24, 2.45) is 0 Å². The second kappa shape index (κ2) is 8.81. The van der Waals surface area contributed by atoms with E-state index in [1.165, 1.54) is 13.0 Å². The van der Waals surface area contributed by atoms with Crippen LogP contribution < -0.4 is 10.5 Å². The second-order valence-electron chi connectivity index (χ2n) is 7.22. The first-order valence-electron chi connectivity index (χ1n) is 9.83. The molecule has 1 unspecified atom stereocenters. The summed E-state index contributed by atoms with van der Waals surface area (Å²) in [6.07, 6.45) is 0. The number of hydrogen-bond acceptors (Lipinski definition) is 6. The van der Waals surface area contributed by atoms with Gasteiger partial charge in [0.2, 0.25) is 0 Å². The SMILES string of the molecule is Cc1cc(=O)oc(C)c1C(=O)OCC(=O)N1c2ccccc2SCC1c1ccccc1. The van der Waals surface area contributed by atoms with Gasteiger partial charge in [-0.25, -0.2) is 9.59 Å². The number of hydrogen-bond donors (Lipinski definition) is 0. The van der Waals surface area contributed by atoms with E-state index in [1.54, 1.807) is 23.6 Å². The summed E-state index contributed by atoms with van der Waals surface area (Å²) in [5.74, 6) is -0.141. The maximum atomic E-state index is 13.3. The Morgan fingerprint density at radius 1 is 1.10 bits per heavy atom. The van der Waals surface area contributed by atoms with Crippen LogP contribution in [0.1, 0.15) is 33.3 Å². The Morgan fingerprint density at radius 3 is 2.55 bits per heavy atom. The number of anilines is 1. The summed E-state index contributed by atoms with van der Waals surface area (Å²) < 4.78 is 10.3. The molecule has 1 aliphatic rings. The second-order valence-corrected chi connectivity index (χ2v) is 8.29. The average molecular weight is 436 g/mol. The van der Waals surface area contributed by atoms with Gasteiger partial charge in [-0.05, 0) is 37.1 Å². The number of nitrogens with zero attached hydrogens (tertiary/aromatic N) is 1. The lowest BCUT2D eigenvalue weighted by Gasteiger charge is -2.37. The van der Waals surface area contributed by atoms with Crippen LogP contribution in [0.5, 0.6) is 0 Å². The molecule has 2 heterocycles. The van der Waals surface area contributed by atoms with Crippen LogP contribution >= 0.6 is 11.8 Å². The highest BCUT2D eigenvalue weighted by Crippen LogP contribution is 2.43. The molecule has 0 saturated carbocycles. The van der Waals surface area contributed by atoms with E-state index in [0.29, 0.717) is 11.3 Å². The zero-order valence-corrected chi connectivity index (χ0v) is 18.0. The maximum Gasteiger partial charge on any atom is 0.342 e. The number of esters is 1. The van der Waals surface area contributed by atoms with Gasteiger partial charge in [-0.15, -0.1) is 11.8 Å². The van der Waals surface area contributed by atoms with Crippen molar-refractivity contribution in [1.29, 1.82) is 0 Å². The van der Waals surface area contributed by atoms with Gasteiger partial charge in [-0.1, -0.05) is 42.5 Å². The standard InChI is InChI=1S/C24H21NO5S/c1-15-12-22(27)30-16(2)23(15)24(28)29-13-21(26)25-18-10-6-7-11-20(18)31-14-19(25)17-8-4-3-5-9-17/h3-12,19H,13-14H2,1-2H3. The van der Waals surface area contributed by atoms with Crippen LogP contribution in [-0.4, -0.2) is 24.2 Å². The Balaban J connectivity index is 1.59. The molecular weight excluding hydrogens is 414 g/mol. The van der Waals surface area contributed by atoms with E-state index < -0.39 is 18.2 Å². The lowest BCUT2D eigenvalue weighted by molar-refractivity contribution is -0.122. The summed E-state index contributed by atoms with van der Waals surface area (Å²) >= 11 is 1.70. The highest BCUT2D eigenvalue weighted by atomic mass is 32.2. The Morgan fingerprint density at radius 2 is 1.81 bits per heavy atom. The molecule has 1 aliphatic heterocycles. The Kier molecular flexibility index (Phi) is 5.95. The molecule has 31 heavy (non-hydrogen) atoms. The van der Waals surface area contributed by atoms with E-state index in [2.05, 4.69) is 0 Å². The number of thioether (sulfide) groups is 1. The smallest absolute Gasteiger partial charge is 0.342 e. The summed E-state index contributed by atoms with van der Waals surface area (Å²) in [6.45, 7) is 2.74. The van der Waals surface area contributed by atoms with Crippen LogP contribution in [0.25, 0.3) is 0 Å². The molecule has 0 N–H and O–H groups in total. The van der Waals surface area contributed by atoms with Crippen LogP contribution in [0.15, 0.2) is 74.8 Å². The van der Waals surface area contributed by atoms with Crippen molar-refractivity contribution in [1.82, 2.24) is 0 Å². The average Bonchev–Trinajstić information content (AvgIpc) is 2.76. The monoisotopic (exact) mass is 435 g/mol. The molecule has 0 saturated heterocycles. The fourth-order valence-corrected chi connectivity index (χ4v) is 4.92. The van der Waals surface area contributed by atoms with E-state index in [1.807, 2.05) is 54.6 Å². The highest BCUT2D eigenvalue weighted by Gasteiger charge is 2.33. The number of carbonyl (C=O) groups is 2. The quantitative estimate of drug-likeness (QED) is 0.569. The van der Waals surface area contributed by atoms with Crippen molar-refractivity contribution in [3.8, 4) is 0 Å². The fraction of sp³-hybridized carbons (Fsp3) is 0.208. The molecule has 2 aromatic carbocycles. The van der Waals surface area contributed by atoms with Crippen molar-refractivity contribution in [3.05, 3.63) is 93.5 Å². The van der Waals surface area contributed by atoms with Crippen LogP contribution in [-0.2, 0) is 9.53 Å². The Hall–Kier alpha value is -3.32. The van der Waals surface area contributed by atoms with Gasteiger partial charge in [0.15, 0.2) is 6.61 Å². The molecule has 3 aromatic rings. The van der Waals surface area contributed by atoms with Crippen LogP contribution in [0.2, 0.25) is 0 Å². The number of para-hydroxylation sites is 1. The molecule has 0 fully saturated rings. The van der Waals surface area contributed by atoms with Crippen LogP contribution in [0, 0.1) is 13.8 Å². The number of ether oxygens (including phenoxy) is 1. The number of rotatable bonds is 4. The number of benzene rings is 2. The minimum Gasteiger partial charge on any atom is -0.452 e. The summed E-state index contributed by atoms with van der Waals surface area (Å²) in [4.78, 5) is 40.1. The van der Waals surface area contributed by atoms with Crippen LogP contribution in [0.4, 0.5) is 5.69 Å². The molecule has 0 spiro atoms. The number of fused-ring (bicyclic) bond motifs is 1. The first kappa shape index (κ1) is 20.9. The fourth-order valence-electron chi connectivity index (χ4n) is 3.75. The predicted octanol–water partition coefficient (Wildman–Crippen LogP) is 4.29. The largest absolute Gasteiger partial charge is 0.452 e. The number of aryl methyl sites for hydroxylation is 2. The third kappa shape index (κ3) is 4.27. The molecule has 4 rings (SSSR count). The predicted molar refractivity (Wildman–Crippen MR) is 119 cm³/mol. The normalized spacial score (nSPS) is 15.3. The first-order valence-corrected chi connectivity index (χ1v) is 10.8. The minimum absolute atomic E-state index is 0.168. The van der Waals surface area contributed by atoms with Gasteiger partial charge in [0.05, 0.1) is 11.7 Å². The van der Waals surface area contributed by atoms with Crippen molar-refractivity contribution >= 4 is 29.3 Å². The van der Waals surface area contributed by atoms with E-state index >= 15 is 0 Å². The van der Waals surface area contributed by atoms with E-state index in [0.717, 1.165) is 16.1 Å². The number of carbonyl (C=O) groups excluding carboxylic acids is 2. The zero-order valence-electron chi connectivity index (χ0n) is 17.2. The molecule has 1 aromatic heterocycles. The van der Waals surface area contributed by atoms with E-state index in [-0.39, 0.29) is 23.3 Å². The first-order chi connectivity index (χ1) is 15.0. The lowest BCUT2D eigenvalue weighted by atomic mass is 10.1. The molecule has 0 bridgehead atoms. The van der Waals surface area contributed by atoms with Gasteiger partial charge in [-0.2, -0.15) is 0 Å². The van der Waals surface area contributed by atoms with Crippen molar-refractivity contribution in [3.63, 3.8) is 0 Å². The lowest BCUT2D eigenvalue weighted by Crippen LogP contribution is -2.41. The van der Waals surface area contributed by atoms with E-state index in [9.17, 15) is 14.4 Å². The molecule has 1 amide bonds. The van der Waals surface area contributed by atoms with Gasteiger partial charge in [-0.3, -0.25) is 9.69 Å². The summed E-state index contributed by atoms with van der Waals surface area (Å²) in [6, 6.07) is 18.6. The summed E-state index contributed by atoms with van der Waals surface area (Å²) in [7, 11) is 0. The maximum absolute atomic E-state index is 13.3. The van der Waals surface area contributed by atoms with Crippen molar-refractivity contribution in [2.45, 2.75) is 24.8 Å². The van der Waals surface area contributed by atoms with Gasteiger partial charge in [0.1, 0.15) is 11.3 Å². The summed E-state index contributed by atoms with van der Waals surface area (Å²) in [5, 5.41) is 0. The molecule has 0 radical (unpaired) electrons. The topological polar surface area (TPSA) is 76.8 Å². The molecule has 7 heteroatoms. The van der Waals surface area contributed by atoms with Gasteiger partial charge < -0.3 is 9.15 Å². The van der Waals surface area contributed by atoms with Crippen LogP contribution in [0.3, 0.4) is 0 Å². The molecule has 1 atom stereocenters. The van der Waals surface area contributed by atoms with Gasteiger partial charge in [0, 0.05) is 16.7 Å². The molecule has 6 nitrogen and oxygen atoms in total. The molecule has 0 aliphatic carbocycles. The van der Waals surface area contributed by atoms with Crippen molar-refractivity contribution in [2.75, 3.05) is 17.3 Å². The Labute approximate surface area is 183 Å². The molecular formula is C24H21NO5S. The number of amides is 1. The highest BCUT2D eigenvalue weighted by molar-refractivity contribution is 7.99. The Bertz CT molecular complexity index is 1160. The summed E-state index contributed by atoms with van der Waals surface area (Å²) in [5.41, 5.74) is 1.90. The van der Waals surface area contributed by atoms with Gasteiger partial charge in [0.25, 0.3) is 5.91 Å². The third-order valence-electron chi connectivity index (χ3n) is 5.15. The zero-order chi connectivity index (χ0) is 22.0. The van der Waals surface area contributed by atoms with E-state index in [4.69, 9.17) is 9.15 Å². The third-order valence-corrected chi connectivity index (χ3v) is 6.29.